The van der Waals surface area contributed by atoms with Gasteiger partial charge in [-0.15, -0.1) is 0 Å². The van der Waals surface area contributed by atoms with Gasteiger partial charge in [-0.25, -0.2) is 0 Å². The predicted octanol–water partition coefficient (Wildman–Crippen LogP) is 0.508. The summed E-state index contributed by atoms with van der Waals surface area (Å²) in [5, 5.41) is 14.8. The highest BCUT2D eigenvalue weighted by molar-refractivity contribution is 5.81. The first-order valence-corrected chi connectivity index (χ1v) is 5.65. The van der Waals surface area contributed by atoms with Crippen LogP contribution in [0.3, 0.4) is 0 Å². The Labute approximate surface area is 92.4 Å². The monoisotopic (exact) mass is 216 g/mol. The molecule has 0 rings (SSSR count). The Balaban J connectivity index is 3.78. The van der Waals surface area contributed by atoms with Crippen LogP contribution in [0.1, 0.15) is 34.1 Å². The van der Waals surface area contributed by atoms with Crippen LogP contribution in [-0.2, 0) is 4.79 Å². The average molecular weight is 216 g/mol. The number of carbonyl (C=O) groups excluding carboxylic acids is 1. The molecule has 3 N–H and O–H groups in total. The molecule has 3 atom stereocenters. The van der Waals surface area contributed by atoms with Crippen molar-refractivity contribution in [1.29, 1.82) is 0 Å². The van der Waals surface area contributed by atoms with Crippen molar-refractivity contribution in [3.05, 3.63) is 0 Å². The number of carbonyl (C=O) groups is 1. The van der Waals surface area contributed by atoms with E-state index < -0.39 is 0 Å². The highest BCUT2D eigenvalue weighted by Gasteiger charge is 2.14. The van der Waals surface area contributed by atoms with Gasteiger partial charge in [-0.2, -0.15) is 0 Å². The lowest BCUT2D eigenvalue weighted by Gasteiger charge is -2.18. The summed E-state index contributed by atoms with van der Waals surface area (Å²) in [6.07, 6.45) is 0.936. The molecule has 15 heavy (non-hydrogen) atoms. The molecule has 0 aromatic rings. The number of rotatable bonds is 7. The molecule has 0 aliphatic carbocycles. The maximum atomic E-state index is 11.6. The number of aliphatic hydroxyl groups is 1. The van der Waals surface area contributed by atoms with E-state index in [2.05, 4.69) is 10.6 Å². The Kier molecular flexibility index (Phi) is 7.34. The molecule has 0 aromatic heterocycles. The van der Waals surface area contributed by atoms with E-state index >= 15 is 0 Å². The maximum absolute atomic E-state index is 11.6. The van der Waals surface area contributed by atoms with Crippen LogP contribution in [0.15, 0.2) is 0 Å². The van der Waals surface area contributed by atoms with E-state index in [1.165, 1.54) is 0 Å². The molecule has 0 radical (unpaired) electrons. The summed E-state index contributed by atoms with van der Waals surface area (Å²) in [5.41, 5.74) is 0. The molecule has 0 heterocycles. The first kappa shape index (κ1) is 14.4. The van der Waals surface area contributed by atoms with Gasteiger partial charge in [0, 0.05) is 19.2 Å². The normalized spacial score (nSPS) is 16.9. The van der Waals surface area contributed by atoms with Crippen molar-refractivity contribution in [3.63, 3.8) is 0 Å². The van der Waals surface area contributed by atoms with Gasteiger partial charge in [-0.05, 0) is 26.2 Å². The molecule has 3 unspecified atom stereocenters. The van der Waals surface area contributed by atoms with Gasteiger partial charge >= 0.3 is 0 Å². The lowest BCUT2D eigenvalue weighted by molar-refractivity contribution is -0.123. The van der Waals surface area contributed by atoms with Crippen molar-refractivity contribution >= 4 is 5.91 Å². The zero-order valence-electron chi connectivity index (χ0n) is 10.2. The van der Waals surface area contributed by atoms with Crippen LogP contribution in [0, 0.1) is 5.92 Å². The smallest absolute Gasteiger partial charge is 0.237 e. The topological polar surface area (TPSA) is 61.4 Å². The number of hydrogen-bond acceptors (Lipinski definition) is 3. The number of nitrogens with one attached hydrogen (secondary N) is 2. The van der Waals surface area contributed by atoms with Gasteiger partial charge in [0.1, 0.15) is 0 Å². The van der Waals surface area contributed by atoms with Crippen molar-refractivity contribution in [1.82, 2.24) is 10.6 Å². The second-order valence-corrected chi connectivity index (χ2v) is 4.24. The first-order valence-electron chi connectivity index (χ1n) is 5.65. The molecule has 0 fully saturated rings. The van der Waals surface area contributed by atoms with Crippen molar-refractivity contribution in [3.8, 4) is 0 Å². The Morgan fingerprint density at radius 1 is 1.33 bits per heavy atom. The highest BCUT2D eigenvalue weighted by Crippen LogP contribution is 1.93. The molecule has 4 nitrogen and oxygen atoms in total. The van der Waals surface area contributed by atoms with Crippen LogP contribution in [0.5, 0.6) is 0 Å². The van der Waals surface area contributed by atoms with E-state index in [-0.39, 0.29) is 30.5 Å². The summed E-state index contributed by atoms with van der Waals surface area (Å²) < 4.78 is 0. The molecule has 0 aromatic carbocycles. The van der Waals surface area contributed by atoms with Gasteiger partial charge in [-0.1, -0.05) is 13.8 Å². The molecule has 0 saturated carbocycles. The molecule has 0 saturated heterocycles. The minimum absolute atomic E-state index is 0.0227. The summed E-state index contributed by atoms with van der Waals surface area (Å²) in [6, 6.07) is 0.0185. The molecule has 0 bridgehead atoms. The fraction of sp³-hybridized carbons (Fsp3) is 0.909. The van der Waals surface area contributed by atoms with Crippen LogP contribution < -0.4 is 10.6 Å². The largest absolute Gasteiger partial charge is 0.396 e. The maximum Gasteiger partial charge on any atom is 0.237 e. The number of amides is 1. The molecule has 0 aliphatic heterocycles. The van der Waals surface area contributed by atoms with Gasteiger partial charge in [-0.3, -0.25) is 4.79 Å². The van der Waals surface area contributed by atoms with E-state index in [9.17, 15) is 4.79 Å². The van der Waals surface area contributed by atoms with Gasteiger partial charge in [0.25, 0.3) is 0 Å². The fourth-order valence-electron chi connectivity index (χ4n) is 1.01. The summed E-state index contributed by atoms with van der Waals surface area (Å²) in [7, 11) is 0. The van der Waals surface area contributed by atoms with Crippen molar-refractivity contribution in [2.24, 2.45) is 5.92 Å². The van der Waals surface area contributed by atoms with Crippen molar-refractivity contribution < 1.29 is 9.90 Å². The number of aliphatic hydroxyl groups excluding tert-OH is 1. The van der Waals surface area contributed by atoms with Crippen LogP contribution in [0.4, 0.5) is 0 Å². The molecule has 0 aliphatic rings. The van der Waals surface area contributed by atoms with Crippen LogP contribution >= 0.6 is 0 Å². The zero-order chi connectivity index (χ0) is 11.8. The summed E-state index contributed by atoms with van der Waals surface area (Å²) in [4.78, 5) is 11.6. The summed E-state index contributed by atoms with van der Waals surface area (Å²) in [5.74, 6) is 0.207. The highest BCUT2D eigenvalue weighted by atomic mass is 16.3. The fourth-order valence-corrected chi connectivity index (χ4v) is 1.01. The first-order chi connectivity index (χ1) is 7.01. The predicted molar refractivity (Wildman–Crippen MR) is 61.6 cm³/mol. The Morgan fingerprint density at radius 3 is 2.40 bits per heavy atom. The van der Waals surface area contributed by atoms with E-state index in [1.807, 2.05) is 27.7 Å². The van der Waals surface area contributed by atoms with E-state index in [0.29, 0.717) is 6.54 Å². The Hall–Kier alpha value is -0.610. The minimum Gasteiger partial charge on any atom is -0.396 e. The molecule has 90 valence electrons. The van der Waals surface area contributed by atoms with Gasteiger partial charge in [0.15, 0.2) is 0 Å². The molecular formula is C11H24N2O2. The van der Waals surface area contributed by atoms with E-state index in [0.717, 1.165) is 6.42 Å². The molecular weight excluding hydrogens is 192 g/mol. The van der Waals surface area contributed by atoms with Gasteiger partial charge in [0.2, 0.25) is 5.91 Å². The van der Waals surface area contributed by atoms with Crippen molar-refractivity contribution in [2.45, 2.75) is 46.2 Å². The van der Waals surface area contributed by atoms with E-state index in [4.69, 9.17) is 5.11 Å². The standard InChI is InChI=1S/C11H24N2O2/c1-5-9(3)13-11(15)10(4)12-6-8(2)7-14/h8-10,12,14H,5-7H2,1-4H3,(H,13,15). The second-order valence-electron chi connectivity index (χ2n) is 4.24. The quantitative estimate of drug-likeness (QED) is 0.581. The SMILES string of the molecule is CCC(C)NC(=O)C(C)NCC(C)CO. The van der Waals surface area contributed by atoms with Gasteiger partial charge in [0.05, 0.1) is 6.04 Å². The minimum atomic E-state index is -0.201. The van der Waals surface area contributed by atoms with Crippen LogP contribution in [0.25, 0.3) is 0 Å². The Morgan fingerprint density at radius 2 is 1.93 bits per heavy atom. The Bertz CT molecular complexity index is 185. The summed E-state index contributed by atoms with van der Waals surface area (Å²) >= 11 is 0. The zero-order valence-corrected chi connectivity index (χ0v) is 10.2. The van der Waals surface area contributed by atoms with E-state index in [1.54, 1.807) is 0 Å². The molecule has 4 heteroatoms. The third-order valence-corrected chi connectivity index (χ3v) is 2.48. The molecule has 0 spiro atoms. The van der Waals surface area contributed by atoms with Crippen LogP contribution in [0.2, 0.25) is 0 Å². The third-order valence-electron chi connectivity index (χ3n) is 2.48. The summed E-state index contributed by atoms with van der Waals surface area (Å²) in [6.45, 7) is 8.60. The third kappa shape index (κ3) is 6.47. The lowest BCUT2D eigenvalue weighted by Crippen LogP contribution is -2.46. The number of hydrogen-bond donors (Lipinski definition) is 3. The van der Waals surface area contributed by atoms with Crippen molar-refractivity contribution in [2.75, 3.05) is 13.2 Å². The van der Waals surface area contributed by atoms with Gasteiger partial charge < -0.3 is 15.7 Å². The van der Waals surface area contributed by atoms with Crippen LogP contribution in [-0.4, -0.2) is 36.2 Å². The average Bonchev–Trinajstić information content (AvgIpc) is 2.24. The lowest BCUT2D eigenvalue weighted by atomic mass is 10.2. The second kappa shape index (κ2) is 7.65. The molecule has 1 amide bonds.